The predicted octanol–water partition coefficient (Wildman–Crippen LogP) is 0.431. The second-order valence-electron chi connectivity index (χ2n) is 1.98. The van der Waals surface area contributed by atoms with Crippen LogP contribution in [0.5, 0.6) is 0 Å². The topological polar surface area (TPSA) is 24.1 Å². The summed E-state index contributed by atoms with van der Waals surface area (Å²) in [5, 5.41) is 6.26. The number of allylic oxidation sites excluding steroid dienone is 1. The van der Waals surface area contributed by atoms with Gasteiger partial charge in [0, 0.05) is 25.5 Å². The largest absolute Gasteiger partial charge is 0.390 e. The Bertz CT molecular complexity index is 96.7. The Morgan fingerprint density at radius 2 is 2.62 bits per heavy atom. The first kappa shape index (κ1) is 5.48. The molecule has 0 bridgehead atoms. The van der Waals surface area contributed by atoms with Gasteiger partial charge in [-0.2, -0.15) is 0 Å². The maximum absolute atomic E-state index is 3.16. The van der Waals surface area contributed by atoms with Crippen molar-refractivity contribution in [1.82, 2.24) is 10.6 Å². The molecule has 0 aliphatic carbocycles. The van der Waals surface area contributed by atoms with Crippen molar-refractivity contribution in [2.75, 3.05) is 13.6 Å². The van der Waals surface area contributed by atoms with Gasteiger partial charge in [-0.05, 0) is 12.8 Å². The molecular weight excluding hydrogens is 100 g/mol. The van der Waals surface area contributed by atoms with Gasteiger partial charge in [-0.25, -0.2) is 0 Å². The Morgan fingerprint density at radius 1 is 1.75 bits per heavy atom. The molecule has 2 N–H and O–H groups in total. The van der Waals surface area contributed by atoms with Crippen LogP contribution in [-0.4, -0.2) is 13.6 Å². The summed E-state index contributed by atoms with van der Waals surface area (Å²) in [6.45, 7) is 1.13. The summed E-state index contributed by atoms with van der Waals surface area (Å²) >= 11 is 0. The third-order valence-electron chi connectivity index (χ3n) is 1.36. The minimum Gasteiger partial charge on any atom is -0.390 e. The fourth-order valence-corrected chi connectivity index (χ4v) is 0.846. The molecule has 1 heterocycles. The molecule has 0 amide bonds. The van der Waals surface area contributed by atoms with E-state index in [0.29, 0.717) is 0 Å². The van der Waals surface area contributed by atoms with Crippen molar-refractivity contribution < 1.29 is 0 Å². The summed E-state index contributed by atoms with van der Waals surface area (Å²) < 4.78 is 0. The number of rotatable bonds is 1. The van der Waals surface area contributed by atoms with E-state index in [-0.39, 0.29) is 0 Å². The maximum Gasteiger partial charge on any atom is 0.0264 e. The van der Waals surface area contributed by atoms with Crippen LogP contribution < -0.4 is 10.6 Å². The lowest BCUT2D eigenvalue weighted by atomic mass is 10.2. The quantitative estimate of drug-likeness (QED) is 0.514. The molecule has 2 heteroatoms. The molecule has 46 valence electrons. The minimum atomic E-state index is 1.13. The molecule has 0 unspecified atom stereocenters. The van der Waals surface area contributed by atoms with Gasteiger partial charge < -0.3 is 10.6 Å². The van der Waals surface area contributed by atoms with E-state index < -0.39 is 0 Å². The maximum atomic E-state index is 3.16. The lowest BCUT2D eigenvalue weighted by Gasteiger charge is -2.12. The highest BCUT2D eigenvalue weighted by atomic mass is 14.9. The Labute approximate surface area is 50.0 Å². The smallest absolute Gasteiger partial charge is 0.0264 e. The molecule has 1 aliphatic rings. The lowest BCUT2D eigenvalue weighted by Crippen LogP contribution is -2.19. The van der Waals surface area contributed by atoms with Crippen LogP contribution in [0, 0.1) is 0 Å². The predicted molar refractivity (Wildman–Crippen MR) is 34.4 cm³/mol. The third kappa shape index (κ3) is 1.15. The summed E-state index contributed by atoms with van der Waals surface area (Å²) in [5.41, 5.74) is 1.32. The summed E-state index contributed by atoms with van der Waals surface area (Å²) in [5.74, 6) is 0. The van der Waals surface area contributed by atoms with Gasteiger partial charge in [-0.15, -0.1) is 0 Å². The average molecular weight is 112 g/mol. The second kappa shape index (κ2) is 2.60. The standard InChI is InChI=1S/C6H12N2/c1-7-6-3-2-4-8-5-6/h5,7-8H,2-4H2,1H3. The van der Waals surface area contributed by atoms with Crippen LogP contribution in [0.1, 0.15) is 12.8 Å². The molecule has 0 aromatic heterocycles. The Balaban J connectivity index is 2.37. The zero-order valence-electron chi connectivity index (χ0n) is 5.20. The van der Waals surface area contributed by atoms with Gasteiger partial charge in [-0.3, -0.25) is 0 Å². The van der Waals surface area contributed by atoms with E-state index in [1.165, 1.54) is 18.5 Å². The van der Waals surface area contributed by atoms with E-state index in [4.69, 9.17) is 0 Å². The van der Waals surface area contributed by atoms with E-state index in [1.807, 2.05) is 13.2 Å². The van der Waals surface area contributed by atoms with Crippen LogP contribution in [0.25, 0.3) is 0 Å². The van der Waals surface area contributed by atoms with Crippen molar-refractivity contribution in [3.05, 3.63) is 11.9 Å². The van der Waals surface area contributed by atoms with E-state index in [9.17, 15) is 0 Å². The van der Waals surface area contributed by atoms with Crippen LogP contribution in [-0.2, 0) is 0 Å². The third-order valence-corrected chi connectivity index (χ3v) is 1.36. The van der Waals surface area contributed by atoms with E-state index >= 15 is 0 Å². The fourth-order valence-electron chi connectivity index (χ4n) is 0.846. The Kier molecular flexibility index (Phi) is 1.78. The second-order valence-corrected chi connectivity index (χ2v) is 1.98. The van der Waals surface area contributed by atoms with Gasteiger partial charge in [-0.1, -0.05) is 0 Å². The van der Waals surface area contributed by atoms with Gasteiger partial charge in [0.05, 0.1) is 0 Å². The van der Waals surface area contributed by atoms with Crippen molar-refractivity contribution in [2.45, 2.75) is 12.8 Å². The Morgan fingerprint density at radius 3 is 3.00 bits per heavy atom. The number of hydrogen-bond donors (Lipinski definition) is 2. The zero-order valence-corrected chi connectivity index (χ0v) is 5.20. The van der Waals surface area contributed by atoms with Crippen LogP contribution in [0.3, 0.4) is 0 Å². The summed E-state index contributed by atoms with van der Waals surface area (Å²) in [6.07, 6.45) is 4.50. The molecule has 1 aliphatic heterocycles. The van der Waals surface area contributed by atoms with Gasteiger partial charge in [0.15, 0.2) is 0 Å². The normalized spacial score (nSPS) is 18.9. The fraction of sp³-hybridized carbons (Fsp3) is 0.667. The molecule has 0 saturated carbocycles. The molecule has 0 saturated heterocycles. The highest BCUT2D eigenvalue weighted by Crippen LogP contribution is 2.02. The van der Waals surface area contributed by atoms with Crippen molar-refractivity contribution in [2.24, 2.45) is 0 Å². The van der Waals surface area contributed by atoms with Gasteiger partial charge in [0.2, 0.25) is 0 Å². The highest BCUT2D eigenvalue weighted by Gasteiger charge is 1.97. The lowest BCUT2D eigenvalue weighted by molar-refractivity contribution is 0.664. The molecule has 2 nitrogen and oxygen atoms in total. The first-order chi connectivity index (χ1) is 3.93. The highest BCUT2D eigenvalue weighted by molar-refractivity contribution is 5.00. The monoisotopic (exact) mass is 112 g/mol. The first-order valence-electron chi connectivity index (χ1n) is 3.03. The molecule has 8 heavy (non-hydrogen) atoms. The van der Waals surface area contributed by atoms with Gasteiger partial charge in [0.1, 0.15) is 0 Å². The van der Waals surface area contributed by atoms with Crippen molar-refractivity contribution in [3.8, 4) is 0 Å². The molecular formula is C6H12N2. The first-order valence-corrected chi connectivity index (χ1v) is 3.03. The van der Waals surface area contributed by atoms with Crippen molar-refractivity contribution >= 4 is 0 Å². The minimum absolute atomic E-state index is 1.13. The van der Waals surface area contributed by atoms with Crippen LogP contribution in [0.15, 0.2) is 11.9 Å². The number of nitrogens with one attached hydrogen (secondary N) is 2. The van der Waals surface area contributed by atoms with E-state index in [1.54, 1.807) is 0 Å². The van der Waals surface area contributed by atoms with Gasteiger partial charge in [0.25, 0.3) is 0 Å². The van der Waals surface area contributed by atoms with Crippen LogP contribution in [0.4, 0.5) is 0 Å². The summed E-state index contributed by atoms with van der Waals surface area (Å²) in [4.78, 5) is 0. The molecule has 0 fully saturated rings. The Hall–Kier alpha value is -0.660. The molecule has 0 atom stereocenters. The van der Waals surface area contributed by atoms with E-state index in [2.05, 4.69) is 10.6 Å². The molecule has 0 aromatic carbocycles. The summed E-state index contributed by atoms with van der Waals surface area (Å²) in [7, 11) is 1.96. The zero-order chi connectivity index (χ0) is 5.82. The van der Waals surface area contributed by atoms with Crippen molar-refractivity contribution in [1.29, 1.82) is 0 Å². The summed E-state index contributed by atoms with van der Waals surface area (Å²) in [6, 6.07) is 0. The van der Waals surface area contributed by atoms with Crippen LogP contribution in [0.2, 0.25) is 0 Å². The molecule has 1 rings (SSSR count). The SMILES string of the molecule is CNC1=CNCCC1. The average Bonchev–Trinajstić information content (AvgIpc) is 1.90. The van der Waals surface area contributed by atoms with Crippen LogP contribution >= 0.6 is 0 Å². The van der Waals surface area contributed by atoms with Gasteiger partial charge >= 0.3 is 0 Å². The molecule has 0 spiro atoms. The molecule has 0 aromatic rings. The van der Waals surface area contributed by atoms with E-state index in [0.717, 1.165) is 6.54 Å². The molecule has 0 radical (unpaired) electrons. The number of hydrogen-bond acceptors (Lipinski definition) is 2. The van der Waals surface area contributed by atoms with Crippen molar-refractivity contribution in [3.63, 3.8) is 0 Å².